The molecule has 0 bridgehead atoms. The van der Waals surface area contributed by atoms with Crippen LogP contribution >= 0.6 is 11.6 Å². The van der Waals surface area contributed by atoms with E-state index >= 15 is 0 Å². The van der Waals surface area contributed by atoms with Gasteiger partial charge in [-0.1, -0.05) is 11.6 Å². The molecule has 0 radical (unpaired) electrons. The summed E-state index contributed by atoms with van der Waals surface area (Å²) in [5, 5.41) is 3.05. The fourth-order valence-corrected chi connectivity index (χ4v) is 2.80. The van der Waals surface area contributed by atoms with Gasteiger partial charge < -0.3 is 9.80 Å². The number of carbonyl (C=O) groups is 1. The summed E-state index contributed by atoms with van der Waals surface area (Å²) in [4.78, 5) is 23.7. The van der Waals surface area contributed by atoms with Gasteiger partial charge in [-0.15, -0.1) is 0 Å². The monoisotopic (exact) mass is 385 g/mol. The fraction of sp³-hybridized carbons (Fsp3) is 0.312. The van der Waals surface area contributed by atoms with E-state index in [1.165, 1.54) is 0 Å². The number of hydrogen-bond acceptors (Lipinski definition) is 4. The lowest BCUT2D eigenvalue weighted by Gasteiger charge is -2.35. The first-order chi connectivity index (χ1) is 12.3. The Kier molecular flexibility index (Phi) is 5.17. The molecule has 1 aliphatic heterocycles. The third-order valence-corrected chi connectivity index (χ3v) is 4.23. The summed E-state index contributed by atoms with van der Waals surface area (Å²) < 4.78 is 37.6. The Balaban J connectivity index is 1.56. The summed E-state index contributed by atoms with van der Waals surface area (Å²) in [6.45, 7) is 1.95. The molecule has 0 unspecified atom stereocenters. The molecule has 0 saturated carbocycles. The van der Waals surface area contributed by atoms with Crippen LogP contribution in [0, 0.1) is 0 Å². The zero-order valence-corrected chi connectivity index (χ0v) is 14.3. The average molecular weight is 386 g/mol. The SMILES string of the molecule is O=C(Nc1ccc(C(F)(F)F)cn1)N1CCN(c2ncccc2Cl)CC1. The molecule has 3 rings (SSSR count). The molecule has 2 aromatic rings. The minimum Gasteiger partial charge on any atom is -0.352 e. The zero-order chi connectivity index (χ0) is 18.7. The Bertz CT molecular complexity index is 776. The largest absolute Gasteiger partial charge is 0.417 e. The molecule has 138 valence electrons. The third kappa shape index (κ3) is 4.16. The van der Waals surface area contributed by atoms with Gasteiger partial charge in [-0.25, -0.2) is 14.8 Å². The Morgan fingerprint density at radius 2 is 1.85 bits per heavy atom. The normalized spacial score (nSPS) is 15.1. The molecule has 0 aromatic carbocycles. The highest BCUT2D eigenvalue weighted by molar-refractivity contribution is 6.32. The van der Waals surface area contributed by atoms with Gasteiger partial charge in [-0.05, 0) is 24.3 Å². The molecule has 0 atom stereocenters. The molecule has 2 aromatic heterocycles. The summed E-state index contributed by atoms with van der Waals surface area (Å²) in [7, 11) is 0. The summed E-state index contributed by atoms with van der Waals surface area (Å²) in [5.41, 5.74) is -0.864. The van der Waals surface area contributed by atoms with Crippen molar-refractivity contribution < 1.29 is 18.0 Å². The van der Waals surface area contributed by atoms with E-state index in [0.717, 1.165) is 12.1 Å². The van der Waals surface area contributed by atoms with Crippen molar-refractivity contribution in [1.29, 1.82) is 0 Å². The molecule has 1 fully saturated rings. The number of alkyl halides is 3. The first-order valence-electron chi connectivity index (χ1n) is 7.79. The van der Waals surface area contributed by atoms with Crippen molar-refractivity contribution in [1.82, 2.24) is 14.9 Å². The number of aromatic nitrogens is 2. The van der Waals surface area contributed by atoms with E-state index in [0.29, 0.717) is 43.2 Å². The Hall–Kier alpha value is -2.55. The summed E-state index contributed by atoms with van der Waals surface area (Å²) in [6, 6.07) is 5.09. The highest BCUT2D eigenvalue weighted by atomic mass is 35.5. The number of pyridine rings is 2. The van der Waals surface area contributed by atoms with Crippen molar-refractivity contribution in [2.24, 2.45) is 0 Å². The van der Waals surface area contributed by atoms with Crippen molar-refractivity contribution >= 4 is 29.3 Å². The number of rotatable bonds is 2. The van der Waals surface area contributed by atoms with Gasteiger partial charge in [0.15, 0.2) is 0 Å². The maximum Gasteiger partial charge on any atom is 0.417 e. The van der Waals surface area contributed by atoms with Crippen LogP contribution in [0.1, 0.15) is 5.56 Å². The molecule has 1 N–H and O–H groups in total. The highest BCUT2D eigenvalue weighted by Crippen LogP contribution is 2.29. The average Bonchev–Trinajstić information content (AvgIpc) is 2.62. The van der Waals surface area contributed by atoms with Gasteiger partial charge in [0.2, 0.25) is 0 Å². The van der Waals surface area contributed by atoms with Gasteiger partial charge in [-0.2, -0.15) is 13.2 Å². The molecule has 2 amide bonds. The first-order valence-corrected chi connectivity index (χ1v) is 8.17. The lowest BCUT2D eigenvalue weighted by molar-refractivity contribution is -0.137. The maximum absolute atomic E-state index is 12.5. The predicted octanol–water partition coefficient (Wildman–Crippen LogP) is 3.50. The number of carbonyl (C=O) groups excluding carboxylic acids is 1. The minimum atomic E-state index is -4.46. The van der Waals surface area contributed by atoms with Gasteiger partial charge in [0.1, 0.15) is 11.6 Å². The smallest absolute Gasteiger partial charge is 0.352 e. The number of nitrogens with one attached hydrogen (secondary N) is 1. The van der Waals surface area contributed by atoms with Crippen LogP contribution in [0.3, 0.4) is 0 Å². The summed E-state index contributed by atoms with van der Waals surface area (Å²) >= 11 is 6.12. The number of piperazine rings is 1. The van der Waals surface area contributed by atoms with Crippen LogP contribution in [0.2, 0.25) is 5.02 Å². The number of urea groups is 1. The maximum atomic E-state index is 12.5. The zero-order valence-electron chi connectivity index (χ0n) is 13.5. The Morgan fingerprint density at radius 1 is 1.12 bits per heavy atom. The van der Waals surface area contributed by atoms with Crippen LogP contribution in [0.4, 0.5) is 29.6 Å². The van der Waals surface area contributed by atoms with Crippen molar-refractivity contribution in [2.75, 3.05) is 36.4 Å². The predicted molar refractivity (Wildman–Crippen MR) is 91.3 cm³/mol. The van der Waals surface area contributed by atoms with Gasteiger partial charge >= 0.3 is 12.2 Å². The topological polar surface area (TPSA) is 61.4 Å². The van der Waals surface area contributed by atoms with E-state index in [-0.39, 0.29) is 5.82 Å². The quantitative estimate of drug-likeness (QED) is 0.859. The molecule has 1 saturated heterocycles. The van der Waals surface area contributed by atoms with Crippen LogP contribution in [-0.4, -0.2) is 47.1 Å². The van der Waals surface area contributed by atoms with Crippen molar-refractivity contribution in [3.63, 3.8) is 0 Å². The number of amides is 2. The Labute approximate surface area is 152 Å². The molecular weight excluding hydrogens is 371 g/mol. The van der Waals surface area contributed by atoms with Crippen LogP contribution in [-0.2, 0) is 6.18 Å². The Morgan fingerprint density at radius 3 is 2.42 bits per heavy atom. The van der Waals surface area contributed by atoms with E-state index in [4.69, 9.17) is 11.6 Å². The number of hydrogen-bond donors (Lipinski definition) is 1. The lowest BCUT2D eigenvalue weighted by atomic mass is 10.3. The second-order valence-electron chi connectivity index (χ2n) is 5.64. The van der Waals surface area contributed by atoms with Crippen molar-refractivity contribution in [2.45, 2.75) is 6.18 Å². The van der Waals surface area contributed by atoms with Crippen LogP contribution in [0.5, 0.6) is 0 Å². The molecule has 1 aliphatic rings. The molecular formula is C16H15ClF3N5O. The molecule has 0 aliphatic carbocycles. The van der Waals surface area contributed by atoms with E-state index in [1.54, 1.807) is 23.2 Å². The van der Waals surface area contributed by atoms with Gasteiger partial charge in [0.25, 0.3) is 0 Å². The van der Waals surface area contributed by atoms with Gasteiger partial charge in [-0.3, -0.25) is 5.32 Å². The van der Waals surface area contributed by atoms with Gasteiger partial charge in [0, 0.05) is 38.6 Å². The second-order valence-corrected chi connectivity index (χ2v) is 6.05. The molecule has 3 heterocycles. The summed E-state index contributed by atoms with van der Waals surface area (Å²) in [5.74, 6) is 0.733. The lowest BCUT2D eigenvalue weighted by Crippen LogP contribution is -2.50. The summed E-state index contributed by atoms with van der Waals surface area (Å²) in [6.07, 6.45) is -2.12. The van der Waals surface area contributed by atoms with E-state index < -0.39 is 17.8 Å². The number of anilines is 2. The van der Waals surface area contributed by atoms with E-state index in [2.05, 4.69) is 15.3 Å². The number of halogens is 4. The van der Waals surface area contributed by atoms with Crippen molar-refractivity contribution in [3.8, 4) is 0 Å². The standard InChI is InChI=1S/C16H15ClF3N5O/c17-12-2-1-5-21-14(12)24-6-8-25(9-7-24)15(26)23-13-4-3-11(10-22-13)16(18,19)20/h1-5,10H,6-9H2,(H,22,23,26). The second kappa shape index (κ2) is 7.36. The van der Waals surface area contributed by atoms with Gasteiger partial charge in [0.05, 0.1) is 10.6 Å². The molecule has 0 spiro atoms. The highest BCUT2D eigenvalue weighted by Gasteiger charge is 2.31. The molecule has 26 heavy (non-hydrogen) atoms. The minimum absolute atomic E-state index is 0.0678. The fourth-order valence-electron chi connectivity index (χ4n) is 2.56. The third-order valence-electron chi connectivity index (χ3n) is 3.93. The van der Waals surface area contributed by atoms with Crippen molar-refractivity contribution in [3.05, 3.63) is 47.2 Å². The van der Waals surface area contributed by atoms with E-state index in [1.807, 2.05) is 4.90 Å². The number of nitrogens with zero attached hydrogens (tertiary/aromatic N) is 4. The van der Waals surface area contributed by atoms with Crippen LogP contribution in [0.25, 0.3) is 0 Å². The van der Waals surface area contributed by atoms with E-state index in [9.17, 15) is 18.0 Å². The molecule has 6 nitrogen and oxygen atoms in total. The van der Waals surface area contributed by atoms with Crippen LogP contribution < -0.4 is 10.2 Å². The van der Waals surface area contributed by atoms with Crippen LogP contribution in [0.15, 0.2) is 36.7 Å². The first kappa shape index (κ1) is 18.2. The molecule has 10 heteroatoms.